The van der Waals surface area contributed by atoms with Crippen LogP contribution in [0, 0.1) is 17.5 Å². The van der Waals surface area contributed by atoms with Crippen LogP contribution in [0.4, 0.5) is 24.7 Å². The van der Waals surface area contributed by atoms with Gasteiger partial charge in [0.05, 0.1) is 23.2 Å². The van der Waals surface area contributed by atoms with Gasteiger partial charge in [0, 0.05) is 48.6 Å². The molecule has 0 unspecified atom stereocenters. The minimum atomic E-state index is -4.64. The minimum absolute atomic E-state index is 0.0428. The standard InChI is InChI=1S/C30H34ClF3N6O3S/c1-16(2)40-29-21(17-4-7-19(8-5-17)36-10-11-43-3)15-37-30(35)27(29)28(38-40)20-13-24(34)25(14-23(20)33)39-44(41,42)26-12-18(31)6-9-22(26)32/h6,9,12-17,19,36,39H,4-5,7-8,10-11H2,1-3H3,(H2,35,37)/t17-,19-. The van der Waals surface area contributed by atoms with E-state index in [-0.39, 0.29) is 34.1 Å². The number of nitrogens with zero attached hydrogens (tertiary/aromatic N) is 3. The Kier molecular flexibility index (Phi) is 9.40. The number of nitrogen functional groups attached to an aromatic ring is 1. The second kappa shape index (κ2) is 12.9. The molecule has 0 spiro atoms. The Morgan fingerprint density at radius 1 is 1.09 bits per heavy atom. The van der Waals surface area contributed by atoms with Gasteiger partial charge in [0.1, 0.15) is 33.9 Å². The molecule has 2 aromatic heterocycles. The lowest BCUT2D eigenvalue weighted by molar-refractivity contribution is 0.191. The Morgan fingerprint density at radius 2 is 1.82 bits per heavy atom. The Hall–Kier alpha value is -3.39. The molecule has 1 saturated carbocycles. The third-order valence-electron chi connectivity index (χ3n) is 7.92. The van der Waals surface area contributed by atoms with Crippen molar-refractivity contribution in [2.24, 2.45) is 0 Å². The maximum absolute atomic E-state index is 15.7. The highest BCUT2D eigenvalue weighted by atomic mass is 35.5. The molecular formula is C30H34ClF3N6O3S. The SMILES string of the molecule is COCCN[C@H]1CC[C@H](c2cnc(N)c3c(-c4cc(F)c(NS(=O)(=O)c5cc(Cl)ccc5F)cc4F)nn(C(C)C)c32)CC1. The predicted molar refractivity (Wildman–Crippen MR) is 165 cm³/mol. The summed E-state index contributed by atoms with van der Waals surface area (Å²) in [5.74, 6) is -2.88. The molecule has 1 aliphatic rings. The normalized spacial score (nSPS) is 17.5. The molecule has 0 saturated heterocycles. The van der Waals surface area contributed by atoms with Crippen LogP contribution in [0.3, 0.4) is 0 Å². The van der Waals surface area contributed by atoms with E-state index in [1.165, 1.54) is 6.07 Å². The van der Waals surface area contributed by atoms with Crippen molar-refractivity contribution >= 4 is 44.0 Å². The van der Waals surface area contributed by atoms with Crippen LogP contribution in [0.5, 0.6) is 0 Å². The number of ether oxygens (including phenoxy) is 1. The zero-order valence-electron chi connectivity index (χ0n) is 24.5. The average molecular weight is 651 g/mol. The van der Waals surface area contributed by atoms with Crippen molar-refractivity contribution in [2.45, 2.75) is 62.4 Å². The zero-order chi connectivity index (χ0) is 31.8. The largest absolute Gasteiger partial charge is 0.383 e. The van der Waals surface area contributed by atoms with Gasteiger partial charge in [0.15, 0.2) is 0 Å². The number of fused-ring (bicyclic) bond motifs is 1. The van der Waals surface area contributed by atoms with E-state index in [1.807, 2.05) is 18.6 Å². The molecule has 5 rings (SSSR count). The monoisotopic (exact) mass is 650 g/mol. The van der Waals surface area contributed by atoms with Gasteiger partial charge >= 0.3 is 0 Å². The summed E-state index contributed by atoms with van der Waals surface area (Å²) in [6.45, 7) is 5.28. The highest BCUT2D eigenvalue weighted by Crippen LogP contribution is 2.42. The maximum atomic E-state index is 15.7. The summed E-state index contributed by atoms with van der Waals surface area (Å²) in [5.41, 5.74) is 7.15. The Labute approximate surface area is 259 Å². The van der Waals surface area contributed by atoms with Gasteiger partial charge in [-0.1, -0.05) is 11.6 Å². The first kappa shape index (κ1) is 32.0. The van der Waals surface area contributed by atoms with Crippen molar-refractivity contribution < 1.29 is 26.3 Å². The molecule has 1 fully saturated rings. The van der Waals surface area contributed by atoms with Crippen molar-refractivity contribution in [3.63, 3.8) is 0 Å². The molecule has 44 heavy (non-hydrogen) atoms. The van der Waals surface area contributed by atoms with Gasteiger partial charge in [-0.25, -0.2) is 26.6 Å². The van der Waals surface area contributed by atoms with Crippen LogP contribution in [0.25, 0.3) is 22.2 Å². The van der Waals surface area contributed by atoms with Crippen molar-refractivity contribution in [1.82, 2.24) is 20.1 Å². The number of nitrogens with two attached hydrogens (primary N) is 1. The van der Waals surface area contributed by atoms with Crippen LogP contribution in [0.2, 0.25) is 5.02 Å². The van der Waals surface area contributed by atoms with Crippen LogP contribution < -0.4 is 15.8 Å². The lowest BCUT2D eigenvalue weighted by atomic mass is 9.81. The highest BCUT2D eigenvalue weighted by Gasteiger charge is 2.30. The van der Waals surface area contributed by atoms with E-state index >= 15 is 8.78 Å². The fraction of sp³-hybridized carbons (Fsp3) is 0.400. The number of aromatic nitrogens is 3. The number of sulfonamides is 1. The molecular weight excluding hydrogens is 617 g/mol. The van der Waals surface area contributed by atoms with Crippen LogP contribution >= 0.6 is 11.6 Å². The summed E-state index contributed by atoms with van der Waals surface area (Å²) < 4.78 is 79.8. The fourth-order valence-corrected chi connectivity index (χ4v) is 7.14. The molecule has 2 heterocycles. The molecule has 4 aromatic rings. The van der Waals surface area contributed by atoms with Crippen LogP contribution in [-0.2, 0) is 14.8 Å². The van der Waals surface area contributed by atoms with E-state index < -0.39 is 38.1 Å². The maximum Gasteiger partial charge on any atom is 0.264 e. The topological polar surface area (TPSA) is 124 Å². The second-order valence-corrected chi connectivity index (χ2v) is 13.3. The second-order valence-electron chi connectivity index (χ2n) is 11.2. The molecule has 2 aromatic carbocycles. The number of anilines is 2. The number of pyridine rings is 1. The Balaban J connectivity index is 1.52. The van der Waals surface area contributed by atoms with Gasteiger partial charge in [-0.05, 0) is 75.3 Å². The van der Waals surface area contributed by atoms with Crippen LogP contribution in [-0.4, -0.2) is 49.5 Å². The lowest BCUT2D eigenvalue weighted by Gasteiger charge is -2.30. The van der Waals surface area contributed by atoms with E-state index in [9.17, 15) is 12.8 Å². The van der Waals surface area contributed by atoms with E-state index in [2.05, 4.69) is 15.4 Å². The number of rotatable bonds is 10. The summed E-state index contributed by atoms with van der Waals surface area (Å²) in [6, 6.07) is 4.69. The quantitative estimate of drug-likeness (QED) is 0.170. The zero-order valence-corrected chi connectivity index (χ0v) is 26.1. The summed E-state index contributed by atoms with van der Waals surface area (Å²) in [7, 11) is -2.97. The minimum Gasteiger partial charge on any atom is -0.383 e. The van der Waals surface area contributed by atoms with Crippen molar-refractivity contribution in [3.05, 3.63) is 64.6 Å². The number of halogens is 4. The number of hydrogen-bond donors (Lipinski definition) is 3. The first-order valence-electron chi connectivity index (χ1n) is 14.3. The number of hydrogen-bond acceptors (Lipinski definition) is 7. The van der Waals surface area contributed by atoms with Gasteiger partial charge in [-0.15, -0.1) is 0 Å². The van der Waals surface area contributed by atoms with Crippen molar-refractivity contribution in [1.29, 1.82) is 0 Å². The molecule has 236 valence electrons. The molecule has 0 amide bonds. The molecule has 1 aliphatic carbocycles. The molecule has 0 aliphatic heterocycles. The number of methoxy groups -OCH3 is 1. The van der Waals surface area contributed by atoms with E-state index in [0.717, 1.165) is 56.0 Å². The van der Waals surface area contributed by atoms with Crippen molar-refractivity contribution in [3.8, 4) is 11.3 Å². The number of nitrogens with one attached hydrogen (secondary N) is 2. The third kappa shape index (κ3) is 6.37. The first-order chi connectivity index (χ1) is 20.9. The van der Waals surface area contributed by atoms with Crippen LogP contribution in [0.1, 0.15) is 57.1 Å². The van der Waals surface area contributed by atoms with E-state index in [0.29, 0.717) is 29.6 Å². The van der Waals surface area contributed by atoms with E-state index in [1.54, 1.807) is 18.0 Å². The lowest BCUT2D eigenvalue weighted by Crippen LogP contribution is -2.34. The first-order valence-corrected chi connectivity index (χ1v) is 16.1. The van der Waals surface area contributed by atoms with Gasteiger partial charge in [-0.2, -0.15) is 5.10 Å². The van der Waals surface area contributed by atoms with Gasteiger partial charge in [0.2, 0.25) is 0 Å². The third-order valence-corrected chi connectivity index (χ3v) is 9.53. The molecule has 0 atom stereocenters. The fourth-order valence-electron chi connectivity index (χ4n) is 5.74. The Bertz CT molecular complexity index is 1790. The predicted octanol–water partition coefficient (Wildman–Crippen LogP) is 6.40. The van der Waals surface area contributed by atoms with Crippen molar-refractivity contribution in [2.75, 3.05) is 30.7 Å². The summed E-state index contributed by atoms with van der Waals surface area (Å²) in [4.78, 5) is 3.62. The molecule has 9 nitrogen and oxygen atoms in total. The smallest absolute Gasteiger partial charge is 0.264 e. The summed E-state index contributed by atoms with van der Waals surface area (Å²) in [6.07, 6.45) is 5.46. The van der Waals surface area contributed by atoms with E-state index in [4.69, 9.17) is 22.1 Å². The molecule has 4 N–H and O–H groups in total. The van der Waals surface area contributed by atoms with Gasteiger partial charge in [-0.3, -0.25) is 9.40 Å². The molecule has 0 bridgehead atoms. The van der Waals surface area contributed by atoms with Gasteiger partial charge < -0.3 is 15.8 Å². The van der Waals surface area contributed by atoms with Gasteiger partial charge in [0.25, 0.3) is 10.0 Å². The summed E-state index contributed by atoms with van der Waals surface area (Å²) in [5, 5.41) is 8.54. The highest BCUT2D eigenvalue weighted by molar-refractivity contribution is 7.92. The van der Waals surface area contributed by atoms with Crippen LogP contribution in [0.15, 0.2) is 41.4 Å². The molecule has 0 radical (unpaired) electrons. The Morgan fingerprint density at radius 3 is 2.50 bits per heavy atom. The summed E-state index contributed by atoms with van der Waals surface area (Å²) >= 11 is 5.82. The molecule has 14 heteroatoms. The number of benzene rings is 2. The average Bonchev–Trinajstić information content (AvgIpc) is 3.38.